The topological polar surface area (TPSA) is 63.9 Å². The standard InChI is InChI=1S/C6H13NO3/c1-3-5(8)6(9)4-7(2)10/h3,5-6,8-10H,1,4H2,2H3/t5-,6+/m0/s1. The number of nitrogens with zero attached hydrogens (tertiary/aromatic N) is 1. The quantitative estimate of drug-likeness (QED) is 0.360. The van der Waals surface area contributed by atoms with Crippen LogP contribution in [0.4, 0.5) is 0 Å². The van der Waals surface area contributed by atoms with Crippen molar-refractivity contribution < 1.29 is 15.4 Å². The minimum atomic E-state index is -0.979. The second-order valence-corrected chi connectivity index (χ2v) is 2.13. The van der Waals surface area contributed by atoms with Crippen LogP contribution in [0.5, 0.6) is 0 Å². The van der Waals surface area contributed by atoms with E-state index in [0.717, 1.165) is 5.06 Å². The van der Waals surface area contributed by atoms with E-state index in [2.05, 4.69) is 6.58 Å². The van der Waals surface area contributed by atoms with E-state index in [0.29, 0.717) is 0 Å². The fraction of sp³-hybridized carbons (Fsp3) is 0.667. The summed E-state index contributed by atoms with van der Waals surface area (Å²) in [5, 5.41) is 27.2. The Morgan fingerprint density at radius 2 is 2.10 bits per heavy atom. The molecule has 0 aliphatic carbocycles. The number of rotatable bonds is 4. The zero-order valence-corrected chi connectivity index (χ0v) is 5.94. The molecular weight excluding hydrogens is 134 g/mol. The maximum absolute atomic E-state index is 8.97. The van der Waals surface area contributed by atoms with Crippen LogP contribution in [0.15, 0.2) is 12.7 Å². The first-order chi connectivity index (χ1) is 4.57. The lowest BCUT2D eigenvalue weighted by Gasteiger charge is -2.16. The molecule has 0 aromatic rings. The van der Waals surface area contributed by atoms with Crippen LogP contribution >= 0.6 is 0 Å². The molecule has 0 amide bonds. The summed E-state index contributed by atoms with van der Waals surface area (Å²) in [6, 6.07) is 0. The van der Waals surface area contributed by atoms with E-state index in [4.69, 9.17) is 15.4 Å². The van der Waals surface area contributed by atoms with Crippen molar-refractivity contribution in [1.82, 2.24) is 5.06 Å². The Labute approximate surface area is 60.0 Å². The highest BCUT2D eigenvalue weighted by Crippen LogP contribution is 1.94. The predicted octanol–water partition coefficient (Wildman–Crippen LogP) is -0.785. The van der Waals surface area contributed by atoms with Gasteiger partial charge in [-0.15, -0.1) is 6.58 Å². The van der Waals surface area contributed by atoms with Crippen LogP contribution in [0.25, 0.3) is 0 Å². The molecule has 0 saturated heterocycles. The molecule has 0 aliphatic rings. The van der Waals surface area contributed by atoms with Gasteiger partial charge in [-0.2, -0.15) is 5.06 Å². The van der Waals surface area contributed by atoms with Crippen LogP contribution in [0.2, 0.25) is 0 Å². The number of likely N-dealkylation sites (N-methyl/N-ethyl adjacent to an activating group) is 1. The summed E-state index contributed by atoms with van der Waals surface area (Å²) in [7, 11) is 1.39. The Hall–Kier alpha value is -0.420. The molecule has 2 atom stereocenters. The van der Waals surface area contributed by atoms with E-state index in [-0.39, 0.29) is 6.54 Å². The van der Waals surface area contributed by atoms with Crippen molar-refractivity contribution in [2.24, 2.45) is 0 Å². The molecule has 0 aromatic carbocycles. The van der Waals surface area contributed by atoms with E-state index in [9.17, 15) is 0 Å². The monoisotopic (exact) mass is 147 g/mol. The van der Waals surface area contributed by atoms with E-state index < -0.39 is 12.2 Å². The lowest BCUT2D eigenvalue weighted by molar-refractivity contribution is -0.104. The Bertz CT molecular complexity index is 105. The van der Waals surface area contributed by atoms with E-state index in [1.54, 1.807) is 0 Å². The first-order valence-corrected chi connectivity index (χ1v) is 2.96. The van der Waals surface area contributed by atoms with Crippen molar-refractivity contribution in [3.8, 4) is 0 Å². The Morgan fingerprint density at radius 1 is 1.60 bits per heavy atom. The molecule has 0 rings (SSSR count). The molecule has 0 aliphatic heterocycles. The molecule has 10 heavy (non-hydrogen) atoms. The number of hydrogen-bond acceptors (Lipinski definition) is 4. The van der Waals surface area contributed by atoms with Crippen LogP contribution in [0.1, 0.15) is 0 Å². The second kappa shape index (κ2) is 4.40. The number of hydroxylamine groups is 2. The minimum absolute atomic E-state index is 0.00713. The van der Waals surface area contributed by atoms with Crippen LogP contribution in [0.3, 0.4) is 0 Å². The average Bonchev–Trinajstić information content (AvgIpc) is 1.85. The van der Waals surface area contributed by atoms with Gasteiger partial charge >= 0.3 is 0 Å². The van der Waals surface area contributed by atoms with Gasteiger partial charge in [-0.25, -0.2) is 0 Å². The normalized spacial score (nSPS) is 16.9. The Kier molecular flexibility index (Phi) is 4.22. The molecular formula is C6H13NO3. The zero-order chi connectivity index (χ0) is 8.15. The summed E-state index contributed by atoms with van der Waals surface area (Å²) >= 11 is 0. The van der Waals surface area contributed by atoms with Crippen molar-refractivity contribution in [2.45, 2.75) is 12.2 Å². The predicted molar refractivity (Wildman–Crippen MR) is 36.6 cm³/mol. The molecule has 0 heterocycles. The summed E-state index contributed by atoms with van der Waals surface area (Å²) in [5.41, 5.74) is 0. The molecule has 3 N–H and O–H groups in total. The zero-order valence-electron chi connectivity index (χ0n) is 5.94. The van der Waals surface area contributed by atoms with Crippen LogP contribution in [0, 0.1) is 0 Å². The van der Waals surface area contributed by atoms with E-state index >= 15 is 0 Å². The van der Waals surface area contributed by atoms with Gasteiger partial charge in [0.05, 0.1) is 18.8 Å². The smallest absolute Gasteiger partial charge is 0.0990 e. The maximum Gasteiger partial charge on any atom is 0.0990 e. The summed E-state index contributed by atoms with van der Waals surface area (Å²) < 4.78 is 0. The molecule has 0 radical (unpaired) electrons. The third-order valence-corrected chi connectivity index (χ3v) is 1.09. The molecule has 0 aromatic heterocycles. The molecule has 4 nitrogen and oxygen atoms in total. The summed E-state index contributed by atoms with van der Waals surface area (Å²) in [6.45, 7) is 3.29. The van der Waals surface area contributed by atoms with Crippen molar-refractivity contribution in [3.05, 3.63) is 12.7 Å². The van der Waals surface area contributed by atoms with Crippen molar-refractivity contribution in [2.75, 3.05) is 13.6 Å². The molecule has 60 valence electrons. The van der Waals surface area contributed by atoms with Crippen molar-refractivity contribution >= 4 is 0 Å². The van der Waals surface area contributed by atoms with Gasteiger partial charge in [-0.1, -0.05) is 6.08 Å². The fourth-order valence-electron chi connectivity index (χ4n) is 0.536. The van der Waals surface area contributed by atoms with E-state index in [1.807, 2.05) is 0 Å². The highest BCUT2D eigenvalue weighted by Gasteiger charge is 2.13. The van der Waals surface area contributed by atoms with Gasteiger partial charge in [0.25, 0.3) is 0 Å². The van der Waals surface area contributed by atoms with Gasteiger partial charge in [0.2, 0.25) is 0 Å². The van der Waals surface area contributed by atoms with Gasteiger partial charge in [-0.3, -0.25) is 0 Å². The highest BCUT2D eigenvalue weighted by molar-refractivity contribution is 4.84. The maximum atomic E-state index is 8.97. The first-order valence-electron chi connectivity index (χ1n) is 2.96. The van der Waals surface area contributed by atoms with Crippen LogP contribution in [-0.2, 0) is 0 Å². The van der Waals surface area contributed by atoms with Crippen molar-refractivity contribution in [1.29, 1.82) is 0 Å². The molecule has 0 fully saturated rings. The third-order valence-electron chi connectivity index (χ3n) is 1.09. The lowest BCUT2D eigenvalue weighted by atomic mass is 10.2. The minimum Gasteiger partial charge on any atom is -0.389 e. The van der Waals surface area contributed by atoms with Gasteiger partial charge in [0.1, 0.15) is 0 Å². The van der Waals surface area contributed by atoms with Gasteiger partial charge in [-0.05, 0) is 0 Å². The first kappa shape index (κ1) is 9.58. The summed E-state index contributed by atoms with van der Waals surface area (Å²) in [4.78, 5) is 0. The number of aliphatic hydroxyl groups excluding tert-OH is 2. The SMILES string of the molecule is C=C[C@H](O)[C@H](O)CN(C)O. The molecule has 0 saturated carbocycles. The molecule has 0 unspecified atom stereocenters. The molecule has 0 bridgehead atoms. The number of aliphatic hydroxyl groups is 2. The highest BCUT2D eigenvalue weighted by atomic mass is 16.5. The largest absolute Gasteiger partial charge is 0.389 e. The summed E-state index contributed by atoms with van der Waals surface area (Å²) in [5.74, 6) is 0. The Balaban J connectivity index is 3.60. The third kappa shape index (κ3) is 3.58. The van der Waals surface area contributed by atoms with E-state index in [1.165, 1.54) is 13.1 Å². The molecule has 0 spiro atoms. The molecule has 4 heteroatoms. The van der Waals surface area contributed by atoms with Crippen LogP contribution < -0.4 is 0 Å². The Morgan fingerprint density at radius 3 is 2.40 bits per heavy atom. The average molecular weight is 147 g/mol. The summed E-state index contributed by atoms with van der Waals surface area (Å²) in [6.07, 6.45) is -0.740. The number of hydrogen-bond donors (Lipinski definition) is 3. The fourth-order valence-corrected chi connectivity index (χ4v) is 0.536. The van der Waals surface area contributed by atoms with Gasteiger partial charge < -0.3 is 15.4 Å². The van der Waals surface area contributed by atoms with Gasteiger partial charge in [0.15, 0.2) is 0 Å². The lowest BCUT2D eigenvalue weighted by Crippen LogP contribution is -2.34. The van der Waals surface area contributed by atoms with Crippen molar-refractivity contribution in [3.63, 3.8) is 0 Å². The van der Waals surface area contributed by atoms with Gasteiger partial charge in [0, 0.05) is 7.05 Å². The van der Waals surface area contributed by atoms with Crippen LogP contribution in [-0.4, -0.2) is 46.3 Å². The second-order valence-electron chi connectivity index (χ2n) is 2.13.